The van der Waals surface area contributed by atoms with Gasteiger partial charge in [-0.2, -0.15) is 0 Å². The average molecular weight is 245 g/mol. The van der Waals surface area contributed by atoms with Crippen LogP contribution in [0, 0.1) is 5.92 Å². The van der Waals surface area contributed by atoms with Crippen molar-refractivity contribution < 1.29 is 19.4 Å². The van der Waals surface area contributed by atoms with Crippen molar-refractivity contribution in [3.05, 3.63) is 0 Å². The van der Waals surface area contributed by atoms with Crippen molar-refractivity contribution in [1.29, 1.82) is 0 Å². The Labute approximate surface area is 103 Å². The predicted molar refractivity (Wildman–Crippen MR) is 64.7 cm³/mol. The molecule has 0 aromatic heterocycles. The fourth-order valence-corrected chi connectivity index (χ4v) is 1.55. The molecule has 2 N–H and O–H groups in total. The van der Waals surface area contributed by atoms with E-state index < -0.39 is 23.1 Å². The summed E-state index contributed by atoms with van der Waals surface area (Å²) in [6.07, 6.45) is 0.188. The van der Waals surface area contributed by atoms with Crippen molar-refractivity contribution >= 4 is 11.9 Å². The van der Waals surface area contributed by atoms with Gasteiger partial charge in [0.1, 0.15) is 5.60 Å². The maximum atomic E-state index is 12.0. The van der Waals surface area contributed by atoms with Gasteiger partial charge in [0.05, 0.1) is 0 Å². The number of hydrogen-bond donors (Lipinski definition) is 2. The second-order valence-corrected chi connectivity index (χ2v) is 5.56. The smallest absolute Gasteiger partial charge is 0.338 e. The number of carboxylic acids is 1. The van der Waals surface area contributed by atoms with Crippen molar-refractivity contribution in [2.24, 2.45) is 5.92 Å². The third-order valence-corrected chi connectivity index (χ3v) is 2.25. The quantitative estimate of drug-likeness (QED) is 0.566. The first kappa shape index (κ1) is 15.9. The summed E-state index contributed by atoms with van der Waals surface area (Å²) in [7, 11) is 1.46. The van der Waals surface area contributed by atoms with E-state index in [4.69, 9.17) is 4.74 Å². The van der Waals surface area contributed by atoms with Gasteiger partial charge in [-0.3, -0.25) is 5.32 Å². The number of carbonyl (C=O) groups excluding carboxylic acids is 1. The third-order valence-electron chi connectivity index (χ3n) is 2.25. The Bertz CT molecular complexity index is 293. The van der Waals surface area contributed by atoms with Gasteiger partial charge in [-0.1, -0.05) is 13.8 Å². The number of rotatable bonds is 5. The Hall–Kier alpha value is -1.10. The van der Waals surface area contributed by atoms with E-state index >= 15 is 0 Å². The summed E-state index contributed by atoms with van der Waals surface area (Å²) in [6.45, 7) is 8.85. The minimum absolute atomic E-state index is 0.0612. The van der Waals surface area contributed by atoms with Crippen LogP contribution in [0.1, 0.15) is 41.0 Å². The highest BCUT2D eigenvalue weighted by Gasteiger charge is 2.48. The second-order valence-electron chi connectivity index (χ2n) is 5.56. The normalized spacial score (nSPS) is 15.5. The number of carbonyl (C=O) groups is 2. The number of esters is 1. The molecular weight excluding hydrogens is 222 g/mol. The summed E-state index contributed by atoms with van der Waals surface area (Å²) >= 11 is 0. The van der Waals surface area contributed by atoms with Crippen LogP contribution in [0.25, 0.3) is 0 Å². The summed E-state index contributed by atoms with van der Waals surface area (Å²) in [5.74, 6) is -1.89. The molecule has 0 heterocycles. The molecule has 0 fully saturated rings. The van der Waals surface area contributed by atoms with Gasteiger partial charge in [0.25, 0.3) is 0 Å². The molecule has 0 saturated carbocycles. The topological polar surface area (TPSA) is 75.6 Å². The SMILES string of the molecule is CNC(CC(C)C)(C(=O)O)C(=O)OC(C)(C)C. The van der Waals surface area contributed by atoms with E-state index in [0.717, 1.165) is 0 Å². The Morgan fingerprint density at radius 3 is 2.00 bits per heavy atom. The number of carboxylic acid groups (broad SMARTS) is 1. The van der Waals surface area contributed by atoms with Gasteiger partial charge < -0.3 is 9.84 Å². The minimum atomic E-state index is -1.67. The summed E-state index contributed by atoms with van der Waals surface area (Å²) in [6, 6.07) is 0. The molecule has 0 aromatic rings. The van der Waals surface area contributed by atoms with Crippen LogP contribution in [0.2, 0.25) is 0 Å². The highest BCUT2D eigenvalue weighted by atomic mass is 16.6. The van der Waals surface area contributed by atoms with Crippen LogP contribution in [-0.2, 0) is 14.3 Å². The molecule has 0 spiro atoms. The van der Waals surface area contributed by atoms with Gasteiger partial charge in [0.15, 0.2) is 0 Å². The van der Waals surface area contributed by atoms with Gasteiger partial charge in [0.2, 0.25) is 5.54 Å². The molecular formula is C12H23NO4. The summed E-state index contributed by atoms with van der Waals surface area (Å²) in [5, 5.41) is 11.9. The van der Waals surface area contributed by atoms with Crippen LogP contribution in [0.3, 0.4) is 0 Å². The van der Waals surface area contributed by atoms with Crippen LogP contribution in [0.15, 0.2) is 0 Å². The molecule has 100 valence electrons. The lowest BCUT2D eigenvalue weighted by molar-refractivity contribution is -0.172. The first-order valence-corrected chi connectivity index (χ1v) is 5.71. The fraction of sp³-hybridized carbons (Fsp3) is 0.833. The van der Waals surface area contributed by atoms with Crippen molar-refractivity contribution in [3.8, 4) is 0 Å². The van der Waals surface area contributed by atoms with E-state index in [1.807, 2.05) is 13.8 Å². The lowest BCUT2D eigenvalue weighted by Gasteiger charge is -2.31. The summed E-state index contributed by atoms with van der Waals surface area (Å²) < 4.78 is 5.17. The maximum absolute atomic E-state index is 12.0. The minimum Gasteiger partial charge on any atom is -0.479 e. The van der Waals surface area contributed by atoms with Gasteiger partial charge >= 0.3 is 11.9 Å². The molecule has 0 rings (SSSR count). The van der Waals surface area contributed by atoms with Crippen molar-refractivity contribution in [3.63, 3.8) is 0 Å². The zero-order valence-corrected chi connectivity index (χ0v) is 11.5. The highest BCUT2D eigenvalue weighted by molar-refractivity contribution is 6.04. The van der Waals surface area contributed by atoms with Gasteiger partial charge in [-0.25, -0.2) is 9.59 Å². The van der Waals surface area contributed by atoms with E-state index in [1.165, 1.54) is 7.05 Å². The zero-order valence-electron chi connectivity index (χ0n) is 11.5. The number of ether oxygens (including phenoxy) is 1. The fourth-order valence-electron chi connectivity index (χ4n) is 1.55. The van der Waals surface area contributed by atoms with E-state index in [1.54, 1.807) is 20.8 Å². The lowest BCUT2D eigenvalue weighted by Crippen LogP contribution is -2.59. The van der Waals surface area contributed by atoms with Crippen LogP contribution in [0.5, 0.6) is 0 Å². The van der Waals surface area contributed by atoms with E-state index in [-0.39, 0.29) is 12.3 Å². The number of likely N-dealkylation sites (N-methyl/N-ethyl adjacent to an activating group) is 1. The monoisotopic (exact) mass is 245 g/mol. The molecule has 0 aliphatic heterocycles. The molecule has 5 heteroatoms. The molecule has 17 heavy (non-hydrogen) atoms. The lowest BCUT2D eigenvalue weighted by atomic mass is 9.88. The Kier molecular flexibility index (Phi) is 5.13. The van der Waals surface area contributed by atoms with Crippen LogP contribution in [-0.4, -0.2) is 35.2 Å². The highest BCUT2D eigenvalue weighted by Crippen LogP contribution is 2.22. The molecule has 0 aromatic carbocycles. The Morgan fingerprint density at radius 2 is 1.76 bits per heavy atom. The molecule has 1 atom stereocenters. The molecule has 0 aliphatic carbocycles. The molecule has 0 radical (unpaired) electrons. The molecule has 5 nitrogen and oxygen atoms in total. The van der Waals surface area contributed by atoms with Crippen LogP contribution >= 0.6 is 0 Å². The largest absolute Gasteiger partial charge is 0.479 e. The van der Waals surface area contributed by atoms with Crippen molar-refractivity contribution in [2.75, 3.05) is 7.05 Å². The van der Waals surface area contributed by atoms with Crippen LogP contribution < -0.4 is 5.32 Å². The molecule has 0 saturated heterocycles. The first-order chi connectivity index (χ1) is 7.55. The molecule has 0 bridgehead atoms. The molecule has 0 aliphatic rings. The van der Waals surface area contributed by atoms with E-state index in [9.17, 15) is 14.7 Å². The summed E-state index contributed by atoms with van der Waals surface area (Å²) in [5.41, 5.74) is -2.37. The third kappa shape index (κ3) is 4.34. The van der Waals surface area contributed by atoms with E-state index in [2.05, 4.69) is 5.32 Å². The van der Waals surface area contributed by atoms with Crippen LogP contribution in [0.4, 0.5) is 0 Å². The number of aliphatic carboxylic acids is 1. The number of nitrogens with one attached hydrogen (secondary N) is 1. The van der Waals surface area contributed by atoms with Gasteiger partial charge in [0, 0.05) is 0 Å². The van der Waals surface area contributed by atoms with Gasteiger partial charge in [-0.05, 0) is 40.2 Å². The van der Waals surface area contributed by atoms with Crippen molar-refractivity contribution in [2.45, 2.75) is 52.2 Å². The Balaban J connectivity index is 5.16. The summed E-state index contributed by atoms with van der Waals surface area (Å²) in [4.78, 5) is 23.4. The average Bonchev–Trinajstić information content (AvgIpc) is 2.10. The predicted octanol–water partition coefficient (Wildman–Crippen LogP) is 1.42. The van der Waals surface area contributed by atoms with Crippen molar-refractivity contribution in [1.82, 2.24) is 5.32 Å². The van der Waals surface area contributed by atoms with E-state index in [0.29, 0.717) is 0 Å². The first-order valence-electron chi connectivity index (χ1n) is 5.71. The maximum Gasteiger partial charge on any atom is 0.338 e. The number of hydrogen-bond acceptors (Lipinski definition) is 4. The second kappa shape index (κ2) is 5.49. The molecule has 1 unspecified atom stereocenters. The standard InChI is InChI=1S/C12H23NO4/c1-8(2)7-12(13-6,9(14)15)10(16)17-11(3,4)5/h8,13H,7H2,1-6H3,(H,14,15). The zero-order chi connectivity index (χ0) is 13.9. The molecule has 0 amide bonds. The Morgan fingerprint density at radius 1 is 1.29 bits per heavy atom. The van der Waals surface area contributed by atoms with Gasteiger partial charge in [-0.15, -0.1) is 0 Å².